The van der Waals surface area contributed by atoms with E-state index in [9.17, 15) is 18.0 Å². The van der Waals surface area contributed by atoms with Gasteiger partial charge in [0.25, 0.3) is 5.91 Å². The zero-order valence-corrected chi connectivity index (χ0v) is 15.0. The summed E-state index contributed by atoms with van der Waals surface area (Å²) in [5, 5.41) is 9.43. The Morgan fingerprint density at radius 2 is 2.16 bits per heavy atom. The van der Waals surface area contributed by atoms with Gasteiger partial charge in [-0.25, -0.2) is 4.98 Å². The van der Waals surface area contributed by atoms with Crippen LogP contribution in [0.15, 0.2) is 22.8 Å². The molecule has 2 aromatic rings. The number of nitrogens with one attached hydrogen (secondary N) is 2. The predicted molar refractivity (Wildman–Crippen MR) is 87.3 cm³/mol. The van der Waals surface area contributed by atoms with Gasteiger partial charge in [-0.15, -0.1) is 0 Å². The molecule has 0 bridgehead atoms. The number of carbonyl (C=O) groups excluding carboxylic acids is 1. The van der Waals surface area contributed by atoms with Crippen molar-refractivity contribution in [3.63, 3.8) is 0 Å². The Morgan fingerprint density at radius 1 is 1.44 bits per heavy atom. The zero-order chi connectivity index (χ0) is 18.6. The monoisotopic (exact) mass is 420 g/mol. The number of pyridine rings is 1. The summed E-state index contributed by atoms with van der Waals surface area (Å²) in [6.07, 6.45) is -3.12. The van der Waals surface area contributed by atoms with Crippen molar-refractivity contribution < 1.29 is 22.7 Å². The van der Waals surface area contributed by atoms with Gasteiger partial charge in [0.15, 0.2) is 12.3 Å². The number of halogens is 4. The van der Waals surface area contributed by atoms with Crippen LogP contribution in [0.3, 0.4) is 0 Å². The molecule has 0 spiro atoms. The highest BCUT2D eigenvalue weighted by atomic mass is 79.9. The Hall–Kier alpha value is -2.10. The molecule has 6 nitrogen and oxygen atoms in total. The highest BCUT2D eigenvalue weighted by molar-refractivity contribution is 9.10. The summed E-state index contributed by atoms with van der Waals surface area (Å²) in [4.78, 5) is 15.9. The Labute approximate surface area is 150 Å². The van der Waals surface area contributed by atoms with Crippen LogP contribution in [0.2, 0.25) is 0 Å². The molecule has 0 aliphatic heterocycles. The summed E-state index contributed by atoms with van der Waals surface area (Å²) in [7, 11) is 0. The van der Waals surface area contributed by atoms with Crippen molar-refractivity contribution in [2.45, 2.75) is 32.5 Å². The fraction of sp³-hybridized carbons (Fsp3) is 0.400. The molecule has 0 fully saturated rings. The van der Waals surface area contributed by atoms with E-state index in [1.54, 1.807) is 6.07 Å². The summed E-state index contributed by atoms with van der Waals surface area (Å²) in [6, 6.07) is 2.91. The molecule has 0 aliphatic carbocycles. The van der Waals surface area contributed by atoms with Crippen LogP contribution >= 0.6 is 15.9 Å². The first-order valence-electron chi connectivity index (χ1n) is 7.34. The SMILES string of the molecule is CC(C)c1[nH]nc(C(=O)NCc2ccnc(OCC(F)(F)F)c2)c1Br. The molecule has 0 unspecified atom stereocenters. The van der Waals surface area contributed by atoms with Gasteiger partial charge in [0.05, 0.1) is 10.2 Å². The minimum Gasteiger partial charge on any atom is -0.468 e. The lowest BCUT2D eigenvalue weighted by atomic mass is 10.1. The first kappa shape index (κ1) is 19.2. The Bertz CT molecular complexity index is 747. The fourth-order valence-corrected chi connectivity index (χ4v) is 2.75. The molecule has 0 saturated carbocycles. The molecule has 0 atom stereocenters. The van der Waals surface area contributed by atoms with E-state index in [1.807, 2.05) is 13.8 Å². The second-order valence-electron chi connectivity index (χ2n) is 5.54. The van der Waals surface area contributed by atoms with Gasteiger partial charge in [-0.3, -0.25) is 9.89 Å². The van der Waals surface area contributed by atoms with E-state index in [0.29, 0.717) is 10.0 Å². The molecule has 0 aliphatic rings. The molecule has 25 heavy (non-hydrogen) atoms. The Morgan fingerprint density at radius 3 is 2.76 bits per heavy atom. The zero-order valence-electron chi connectivity index (χ0n) is 13.4. The molecular weight excluding hydrogens is 405 g/mol. The predicted octanol–water partition coefficient (Wildman–Crippen LogP) is 3.56. The summed E-state index contributed by atoms with van der Waals surface area (Å²) >= 11 is 3.34. The highest BCUT2D eigenvalue weighted by Crippen LogP contribution is 2.25. The number of H-pyrrole nitrogens is 1. The topological polar surface area (TPSA) is 79.9 Å². The van der Waals surface area contributed by atoms with E-state index in [4.69, 9.17) is 0 Å². The maximum atomic E-state index is 12.2. The van der Waals surface area contributed by atoms with Gasteiger partial charge in [-0.05, 0) is 33.5 Å². The van der Waals surface area contributed by atoms with Gasteiger partial charge in [-0.1, -0.05) is 13.8 Å². The first-order chi connectivity index (χ1) is 11.7. The standard InChI is InChI=1S/C15H16BrF3N4O2/c1-8(2)12-11(16)13(23-22-12)14(24)21-6-9-3-4-20-10(5-9)25-7-15(17,18)19/h3-5,8H,6-7H2,1-2H3,(H,21,24)(H,22,23). The average Bonchev–Trinajstić information content (AvgIpc) is 2.92. The molecule has 2 N–H and O–H groups in total. The molecule has 0 radical (unpaired) electrons. The van der Waals surface area contributed by atoms with Crippen LogP contribution in [0.5, 0.6) is 5.88 Å². The van der Waals surface area contributed by atoms with Crippen molar-refractivity contribution >= 4 is 21.8 Å². The third-order valence-corrected chi connectivity index (χ3v) is 3.96. The number of alkyl halides is 3. The van der Waals surface area contributed by atoms with Gasteiger partial charge in [0.1, 0.15) is 0 Å². The van der Waals surface area contributed by atoms with Crippen LogP contribution in [-0.2, 0) is 6.54 Å². The van der Waals surface area contributed by atoms with Crippen molar-refractivity contribution in [2.24, 2.45) is 0 Å². The lowest BCUT2D eigenvalue weighted by Gasteiger charge is -2.09. The van der Waals surface area contributed by atoms with Crippen molar-refractivity contribution in [2.75, 3.05) is 6.61 Å². The molecular formula is C15H16BrF3N4O2. The van der Waals surface area contributed by atoms with Crippen LogP contribution in [0.1, 0.15) is 41.5 Å². The lowest BCUT2D eigenvalue weighted by molar-refractivity contribution is -0.154. The normalized spacial score (nSPS) is 11.6. The van der Waals surface area contributed by atoms with Crippen molar-refractivity contribution in [1.29, 1.82) is 0 Å². The largest absolute Gasteiger partial charge is 0.468 e. The fourth-order valence-electron chi connectivity index (χ4n) is 1.94. The van der Waals surface area contributed by atoms with Crippen LogP contribution in [0.4, 0.5) is 13.2 Å². The minimum absolute atomic E-state index is 0.0973. The van der Waals surface area contributed by atoms with Crippen LogP contribution in [-0.4, -0.2) is 33.9 Å². The van der Waals surface area contributed by atoms with E-state index in [1.165, 1.54) is 12.3 Å². The molecule has 136 valence electrons. The van der Waals surface area contributed by atoms with Crippen molar-refractivity contribution in [1.82, 2.24) is 20.5 Å². The van der Waals surface area contributed by atoms with Crippen LogP contribution in [0, 0.1) is 0 Å². The molecule has 0 aromatic carbocycles. The van der Waals surface area contributed by atoms with Crippen LogP contribution < -0.4 is 10.1 Å². The van der Waals surface area contributed by atoms with Gasteiger partial charge in [-0.2, -0.15) is 18.3 Å². The third-order valence-electron chi connectivity index (χ3n) is 3.16. The van der Waals surface area contributed by atoms with E-state index in [0.717, 1.165) is 5.69 Å². The van der Waals surface area contributed by atoms with E-state index < -0.39 is 18.7 Å². The van der Waals surface area contributed by atoms with E-state index in [2.05, 4.69) is 41.2 Å². The van der Waals surface area contributed by atoms with E-state index >= 15 is 0 Å². The summed E-state index contributed by atoms with van der Waals surface area (Å²) in [5.74, 6) is -0.409. The number of nitrogens with zero attached hydrogens (tertiary/aromatic N) is 2. The number of aromatic amines is 1. The molecule has 1 amide bonds. The maximum Gasteiger partial charge on any atom is 0.422 e. The lowest BCUT2D eigenvalue weighted by Crippen LogP contribution is -2.24. The number of rotatable bonds is 6. The summed E-state index contributed by atoms with van der Waals surface area (Å²) in [6.45, 7) is 2.59. The third kappa shape index (κ3) is 5.45. The average molecular weight is 421 g/mol. The quantitative estimate of drug-likeness (QED) is 0.748. The highest BCUT2D eigenvalue weighted by Gasteiger charge is 2.28. The number of ether oxygens (including phenoxy) is 1. The Kier molecular flexibility index (Phi) is 6.04. The smallest absolute Gasteiger partial charge is 0.422 e. The Balaban J connectivity index is 1.98. The number of hydrogen-bond donors (Lipinski definition) is 2. The van der Waals surface area contributed by atoms with Gasteiger partial charge >= 0.3 is 6.18 Å². The molecule has 2 aromatic heterocycles. The molecule has 0 saturated heterocycles. The maximum absolute atomic E-state index is 12.2. The summed E-state index contributed by atoms with van der Waals surface area (Å²) < 4.78 is 41.6. The number of carbonyl (C=O) groups is 1. The second kappa shape index (κ2) is 7.85. The van der Waals surface area contributed by atoms with E-state index in [-0.39, 0.29) is 24.0 Å². The number of hydrogen-bond acceptors (Lipinski definition) is 4. The molecule has 2 rings (SSSR count). The van der Waals surface area contributed by atoms with Crippen molar-refractivity contribution in [3.05, 3.63) is 39.8 Å². The van der Waals surface area contributed by atoms with Crippen molar-refractivity contribution in [3.8, 4) is 5.88 Å². The minimum atomic E-state index is -4.44. The van der Waals surface area contributed by atoms with Gasteiger partial charge in [0.2, 0.25) is 5.88 Å². The number of amides is 1. The van der Waals surface area contributed by atoms with Gasteiger partial charge in [0, 0.05) is 18.8 Å². The first-order valence-corrected chi connectivity index (χ1v) is 8.13. The molecule has 2 heterocycles. The summed E-state index contributed by atoms with van der Waals surface area (Å²) in [5.41, 5.74) is 1.57. The second-order valence-corrected chi connectivity index (χ2v) is 6.34. The van der Waals surface area contributed by atoms with Crippen LogP contribution in [0.25, 0.3) is 0 Å². The molecule has 10 heteroatoms. The van der Waals surface area contributed by atoms with Gasteiger partial charge < -0.3 is 10.1 Å². The number of aromatic nitrogens is 3.